The van der Waals surface area contributed by atoms with Gasteiger partial charge in [0, 0.05) is 18.8 Å². The van der Waals surface area contributed by atoms with Gasteiger partial charge in [-0.25, -0.2) is 4.39 Å². The molecule has 1 heterocycles. The van der Waals surface area contributed by atoms with Crippen LogP contribution in [-0.2, 0) is 4.74 Å². The molecule has 0 radical (unpaired) electrons. The maximum Gasteiger partial charge on any atom is 0.231 e. The number of anilines is 1. The van der Waals surface area contributed by atoms with E-state index in [1.165, 1.54) is 6.07 Å². The molecule has 1 aliphatic rings. The van der Waals surface area contributed by atoms with Crippen molar-refractivity contribution < 1.29 is 23.3 Å². The van der Waals surface area contributed by atoms with Crippen LogP contribution in [0.1, 0.15) is 12.8 Å². The molecule has 1 aliphatic heterocycles. The van der Waals surface area contributed by atoms with Gasteiger partial charge < -0.3 is 24.3 Å². The van der Waals surface area contributed by atoms with Gasteiger partial charge in [0.15, 0.2) is 11.6 Å². The van der Waals surface area contributed by atoms with Crippen LogP contribution in [0.2, 0.25) is 0 Å². The standard InChI is InChI=1S/C19H22FNO4/c1-21-14-4-6-15(7-5-14)24-13-25-19-9-8-16(11-18(19)20)22-10-2-3-17-12-23-17/h4-9,11,17,21H,2-3,10,12-13H2,1H3. The summed E-state index contributed by atoms with van der Waals surface area (Å²) in [7, 11) is 1.84. The maximum absolute atomic E-state index is 14.0. The first-order valence-corrected chi connectivity index (χ1v) is 8.32. The van der Waals surface area contributed by atoms with Crippen LogP contribution in [0.5, 0.6) is 17.2 Å². The van der Waals surface area contributed by atoms with Crippen molar-refractivity contribution in [1.29, 1.82) is 0 Å². The molecule has 25 heavy (non-hydrogen) atoms. The van der Waals surface area contributed by atoms with Gasteiger partial charge in [0.2, 0.25) is 6.79 Å². The Morgan fingerprint density at radius 1 is 1.08 bits per heavy atom. The van der Waals surface area contributed by atoms with E-state index in [0.717, 1.165) is 25.1 Å². The number of nitrogens with one attached hydrogen (secondary N) is 1. The van der Waals surface area contributed by atoms with E-state index in [9.17, 15) is 4.39 Å². The highest BCUT2D eigenvalue weighted by molar-refractivity contribution is 5.45. The largest absolute Gasteiger partial charge is 0.493 e. The van der Waals surface area contributed by atoms with Crippen molar-refractivity contribution in [1.82, 2.24) is 0 Å². The fourth-order valence-electron chi connectivity index (χ4n) is 2.30. The molecular weight excluding hydrogens is 325 g/mol. The zero-order chi connectivity index (χ0) is 17.5. The topological polar surface area (TPSA) is 52.2 Å². The van der Waals surface area contributed by atoms with Gasteiger partial charge in [-0.1, -0.05) is 0 Å². The molecule has 134 valence electrons. The highest BCUT2D eigenvalue weighted by atomic mass is 19.1. The van der Waals surface area contributed by atoms with Crippen molar-refractivity contribution in [3.8, 4) is 17.2 Å². The Bertz CT molecular complexity index is 674. The maximum atomic E-state index is 14.0. The Kier molecular flexibility index (Phi) is 5.95. The average molecular weight is 347 g/mol. The minimum Gasteiger partial charge on any atom is -0.493 e. The lowest BCUT2D eigenvalue weighted by molar-refractivity contribution is 0.115. The molecule has 0 aromatic heterocycles. The van der Waals surface area contributed by atoms with Crippen LogP contribution in [0.3, 0.4) is 0 Å². The van der Waals surface area contributed by atoms with E-state index in [2.05, 4.69) is 5.32 Å². The molecule has 2 aromatic carbocycles. The zero-order valence-electron chi connectivity index (χ0n) is 14.2. The van der Waals surface area contributed by atoms with Gasteiger partial charge >= 0.3 is 0 Å². The van der Waals surface area contributed by atoms with E-state index in [4.69, 9.17) is 18.9 Å². The molecule has 6 heteroatoms. The molecule has 0 amide bonds. The third-order valence-corrected chi connectivity index (χ3v) is 3.83. The van der Waals surface area contributed by atoms with Gasteiger partial charge in [-0.15, -0.1) is 0 Å². The van der Waals surface area contributed by atoms with Crippen LogP contribution in [0.4, 0.5) is 10.1 Å². The molecule has 1 fully saturated rings. The van der Waals surface area contributed by atoms with Crippen LogP contribution >= 0.6 is 0 Å². The van der Waals surface area contributed by atoms with E-state index in [1.807, 2.05) is 31.3 Å². The van der Waals surface area contributed by atoms with Crippen LogP contribution in [0, 0.1) is 5.82 Å². The summed E-state index contributed by atoms with van der Waals surface area (Å²) in [5.74, 6) is 0.798. The second kappa shape index (κ2) is 8.58. The molecule has 0 aliphatic carbocycles. The van der Waals surface area contributed by atoms with Crippen molar-refractivity contribution in [2.24, 2.45) is 0 Å². The minimum absolute atomic E-state index is 0.0720. The summed E-state index contributed by atoms with van der Waals surface area (Å²) in [6.45, 7) is 1.32. The number of hydrogen-bond donors (Lipinski definition) is 1. The highest BCUT2D eigenvalue weighted by Crippen LogP contribution is 2.24. The lowest BCUT2D eigenvalue weighted by Crippen LogP contribution is -2.07. The average Bonchev–Trinajstić information content (AvgIpc) is 3.45. The fourth-order valence-corrected chi connectivity index (χ4v) is 2.30. The Morgan fingerprint density at radius 2 is 1.84 bits per heavy atom. The monoisotopic (exact) mass is 347 g/mol. The first-order valence-electron chi connectivity index (χ1n) is 8.32. The van der Waals surface area contributed by atoms with E-state index < -0.39 is 5.82 Å². The smallest absolute Gasteiger partial charge is 0.231 e. The first kappa shape index (κ1) is 17.4. The second-order valence-electron chi connectivity index (χ2n) is 5.72. The quantitative estimate of drug-likeness (QED) is 0.402. The van der Waals surface area contributed by atoms with Crippen LogP contribution in [-0.4, -0.2) is 33.2 Å². The fraction of sp³-hybridized carbons (Fsp3) is 0.368. The molecule has 1 N–H and O–H groups in total. The van der Waals surface area contributed by atoms with Crippen molar-refractivity contribution in [3.63, 3.8) is 0 Å². The molecule has 2 aromatic rings. The summed E-state index contributed by atoms with van der Waals surface area (Å²) in [5, 5.41) is 3.02. The van der Waals surface area contributed by atoms with Crippen molar-refractivity contribution in [2.45, 2.75) is 18.9 Å². The van der Waals surface area contributed by atoms with Gasteiger partial charge in [0.25, 0.3) is 0 Å². The summed E-state index contributed by atoms with van der Waals surface area (Å²) in [6, 6.07) is 12.0. The molecule has 0 saturated carbocycles. The predicted molar refractivity (Wildman–Crippen MR) is 93.0 cm³/mol. The van der Waals surface area contributed by atoms with E-state index in [1.54, 1.807) is 12.1 Å². The second-order valence-corrected chi connectivity index (χ2v) is 5.72. The van der Waals surface area contributed by atoms with E-state index in [0.29, 0.717) is 24.2 Å². The number of rotatable bonds is 10. The first-order chi connectivity index (χ1) is 12.2. The van der Waals surface area contributed by atoms with Gasteiger partial charge in [-0.3, -0.25) is 0 Å². The molecule has 0 spiro atoms. The summed E-state index contributed by atoms with van der Waals surface area (Å²) in [6.07, 6.45) is 2.27. The third-order valence-electron chi connectivity index (χ3n) is 3.83. The van der Waals surface area contributed by atoms with Crippen molar-refractivity contribution in [3.05, 3.63) is 48.3 Å². The Balaban J connectivity index is 1.41. The van der Waals surface area contributed by atoms with Gasteiger partial charge in [0.1, 0.15) is 11.5 Å². The number of hydrogen-bond acceptors (Lipinski definition) is 5. The normalized spacial score (nSPS) is 15.5. The predicted octanol–water partition coefficient (Wildman–Crippen LogP) is 3.84. The minimum atomic E-state index is -0.475. The Morgan fingerprint density at radius 3 is 2.52 bits per heavy atom. The lowest BCUT2D eigenvalue weighted by atomic mass is 10.2. The number of benzene rings is 2. The number of ether oxygens (including phenoxy) is 4. The summed E-state index contributed by atoms with van der Waals surface area (Å²) in [5.41, 5.74) is 0.986. The number of epoxide rings is 1. The molecule has 5 nitrogen and oxygen atoms in total. The van der Waals surface area contributed by atoms with Crippen LogP contribution < -0.4 is 19.5 Å². The Hall–Kier alpha value is -2.47. The van der Waals surface area contributed by atoms with Gasteiger partial charge in [-0.05, 0) is 49.2 Å². The van der Waals surface area contributed by atoms with Crippen molar-refractivity contribution >= 4 is 5.69 Å². The lowest BCUT2D eigenvalue weighted by Gasteiger charge is -2.11. The molecule has 3 rings (SSSR count). The van der Waals surface area contributed by atoms with Crippen molar-refractivity contribution in [2.75, 3.05) is 32.4 Å². The molecule has 1 atom stereocenters. The highest BCUT2D eigenvalue weighted by Gasteiger charge is 2.21. The van der Waals surface area contributed by atoms with E-state index >= 15 is 0 Å². The molecular formula is C19H22FNO4. The Labute approximate surface area is 146 Å². The van der Waals surface area contributed by atoms with E-state index in [-0.39, 0.29) is 12.5 Å². The van der Waals surface area contributed by atoms with Gasteiger partial charge in [-0.2, -0.15) is 0 Å². The summed E-state index contributed by atoms with van der Waals surface area (Å²) in [4.78, 5) is 0. The zero-order valence-corrected chi connectivity index (χ0v) is 14.2. The number of halogens is 1. The summed E-state index contributed by atoms with van der Waals surface area (Å²) >= 11 is 0. The van der Waals surface area contributed by atoms with Crippen LogP contribution in [0.15, 0.2) is 42.5 Å². The molecule has 1 unspecified atom stereocenters. The van der Waals surface area contributed by atoms with Gasteiger partial charge in [0.05, 0.1) is 19.3 Å². The third kappa shape index (κ3) is 5.53. The molecule has 1 saturated heterocycles. The van der Waals surface area contributed by atoms with Crippen LogP contribution in [0.25, 0.3) is 0 Å². The molecule has 0 bridgehead atoms. The SMILES string of the molecule is CNc1ccc(OCOc2ccc(OCCCC3CO3)cc2F)cc1. The summed E-state index contributed by atoms with van der Waals surface area (Å²) < 4.78 is 35.5.